The van der Waals surface area contributed by atoms with Gasteiger partial charge in [-0.2, -0.15) is 0 Å². The first-order chi connectivity index (χ1) is 16.3. The van der Waals surface area contributed by atoms with E-state index >= 15 is 0 Å². The van der Waals surface area contributed by atoms with Crippen molar-refractivity contribution < 1.29 is 9.53 Å². The first-order valence-electron chi connectivity index (χ1n) is 11.4. The fourth-order valence-corrected chi connectivity index (χ4v) is 4.51. The first-order valence-corrected chi connectivity index (χ1v) is 11.4. The molecule has 1 aromatic heterocycles. The molecule has 1 N–H and O–H groups in total. The van der Waals surface area contributed by atoms with Gasteiger partial charge in [0.2, 0.25) is 5.95 Å². The third-order valence-corrected chi connectivity index (χ3v) is 6.12. The Bertz CT molecular complexity index is 1140. The number of rotatable bonds is 5. The maximum atomic E-state index is 12.2. The molecule has 2 heterocycles. The molecule has 33 heavy (non-hydrogen) atoms. The molecule has 2 aliphatic rings. The van der Waals surface area contributed by atoms with Crippen LogP contribution < -0.4 is 10.2 Å². The van der Waals surface area contributed by atoms with Gasteiger partial charge in [0.15, 0.2) is 0 Å². The number of benzene rings is 2. The molecule has 5 rings (SSSR count). The van der Waals surface area contributed by atoms with E-state index in [1.807, 2.05) is 24.3 Å². The van der Waals surface area contributed by atoms with E-state index in [0.717, 1.165) is 24.6 Å². The summed E-state index contributed by atoms with van der Waals surface area (Å²) in [4.78, 5) is 23.2. The third-order valence-electron chi connectivity index (χ3n) is 6.12. The van der Waals surface area contributed by atoms with Crippen LogP contribution in [0.25, 0.3) is 11.1 Å². The van der Waals surface area contributed by atoms with Crippen LogP contribution in [-0.4, -0.2) is 42.3 Å². The molecule has 0 spiro atoms. The van der Waals surface area contributed by atoms with Gasteiger partial charge in [-0.15, -0.1) is 0 Å². The molecule has 3 aromatic rings. The maximum Gasteiger partial charge on any atom is 0.407 e. The Morgan fingerprint density at radius 1 is 1.00 bits per heavy atom. The topological polar surface area (TPSA) is 67.4 Å². The number of fused-ring (bicyclic) bond motifs is 3. The molecule has 1 aliphatic heterocycles. The molecule has 0 unspecified atom stereocenters. The number of carbonyl (C=O) groups excluding carboxylic acids is 1. The molecule has 1 amide bonds. The number of nitrogens with zero attached hydrogens (tertiary/aromatic N) is 3. The van der Waals surface area contributed by atoms with Gasteiger partial charge in [-0.1, -0.05) is 60.4 Å². The number of carbonyl (C=O) groups is 1. The molecule has 6 nitrogen and oxygen atoms in total. The molecule has 6 heteroatoms. The average Bonchev–Trinajstić information content (AvgIpc) is 3.50. The lowest BCUT2D eigenvalue weighted by molar-refractivity contribution is 0.143. The van der Waals surface area contributed by atoms with Gasteiger partial charge in [-0.3, -0.25) is 0 Å². The summed E-state index contributed by atoms with van der Waals surface area (Å²) >= 11 is 0. The van der Waals surface area contributed by atoms with E-state index in [-0.39, 0.29) is 5.92 Å². The largest absolute Gasteiger partial charge is 0.449 e. The molecular weight excluding hydrogens is 412 g/mol. The van der Waals surface area contributed by atoms with Crippen molar-refractivity contribution >= 4 is 12.0 Å². The highest BCUT2D eigenvalue weighted by Gasteiger charge is 2.28. The smallest absolute Gasteiger partial charge is 0.407 e. The van der Waals surface area contributed by atoms with Crippen molar-refractivity contribution in [2.24, 2.45) is 0 Å². The molecule has 2 aromatic carbocycles. The quantitative estimate of drug-likeness (QED) is 0.474. The van der Waals surface area contributed by atoms with Crippen LogP contribution in [0.1, 0.15) is 41.9 Å². The van der Waals surface area contributed by atoms with E-state index in [2.05, 4.69) is 56.3 Å². The molecule has 0 radical (unpaired) electrons. The normalized spacial score (nSPS) is 14.2. The summed E-state index contributed by atoms with van der Waals surface area (Å²) in [6, 6.07) is 16.6. The van der Waals surface area contributed by atoms with Crippen molar-refractivity contribution in [3.05, 3.63) is 77.6 Å². The Kier molecular flexibility index (Phi) is 6.21. The van der Waals surface area contributed by atoms with Crippen molar-refractivity contribution in [2.45, 2.75) is 25.2 Å². The second kappa shape index (κ2) is 9.74. The molecule has 0 bridgehead atoms. The SMILES string of the molecule is O=C(NCCC#Cc1cnc(N2CCCC2)nc1)OCC1c2ccccc2-c2ccccc21. The maximum absolute atomic E-state index is 12.2. The van der Waals surface area contributed by atoms with E-state index in [9.17, 15) is 4.79 Å². The van der Waals surface area contributed by atoms with Crippen LogP contribution in [0.2, 0.25) is 0 Å². The van der Waals surface area contributed by atoms with Crippen LogP contribution in [-0.2, 0) is 4.74 Å². The average molecular weight is 439 g/mol. The molecule has 0 atom stereocenters. The fourth-order valence-electron chi connectivity index (χ4n) is 4.51. The van der Waals surface area contributed by atoms with Crippen molar-refractivity contribution in [2.75, 3.05) is 31.1 Å². The minimum Gasteiger partial charge on any atom is -0.449 e. The number of hydrogen-bond acceptors (Lipinski definition) is 5. The number of hydrogen-bond donors (Lipinski definition) is 1. The number of amides is 1. The molecule has 1 aliphatic carbocycles. The van der Waals surface area contributed by atoms with Gasteiger partial charge in [0.05, 0.1) is 5.56 Å². The Balaban J connectivity index is 1.09. The summed E-state index contributed by atoms with van der Waals surface area (Å²) in [7, 11) is 0. The van der Waals surface area contributed by atoms with E-state index < -0.39 is 6.09 Å². The molecule has 1 saturated heterocycles. The summed E-state index contributed by atoms with van der Waals surface area (Å²) in [5.41, 5.74) is 5.62. The van der Waals surface area contributed by atoms with Gasteiger partial charge in [-0.25, -0.2) is 14.8 Å². The van der Waals surface area contributed by atoms with Crippen LogP contribution in [0.4, 0.5) is 10.7 Å². The van der Waals surface area contributed by atoms with Gasteiger partial charge in [-0.05, 0) is 35.1 Å². The fraction of sp³-hybridized carbons (Fsp3) is 0.296. The Morgan fingerprint density at radius 2 is 1.64 bits per heavy atom. The van der Waals surface area contributed by atoms with E-state index in [1.165, 1.54) is 35.1 Å². The standard InChI is InChI=1S/C27H26N4O2/c32-27(28-14-6-5-9-20-17-29-26(30-18-20)31-15-7-8-16-31)33-19-25-23-12-3-1-10-21(23)22-11-2-4-13-24(22)25/h1-4,10-13,17-18,25H,6-8,14-16,19H2,(H,28,32). The lowest BCUT2D eigenvalue weighted by atomic mass is 9.98. The highest BCUT2D eigenvalue weighted by molar-refractivity contribution is 5.79. The Morgan fingerprint density at radius 3 is 2.30 bits per heavy atom. The van der Waals surface area contributed by atoms with Crippen LogP contribution in [0.15, 0.2) is 60.9 Å². The Hall–Kier alpha value is -3.85. The number of nitrogens with one attached hydrogen (secondary N) is 1. The van der Waals surface area contributed by atoms with Crippen molar-refractivity contribution in [3.63, 3.8) is 0 Å². The van der Waals surface area contributed by atoms with E-state index in [0.29, 0.717) is 19.6 Å². The monoisotopic (exact) mass is 438 g/mol. The van der Waals surface area contributed by atoms with Crippen LogP contribution >= 0.6 is 0 Å². The summed E-state index contributed by atoms with van der Waals surface area (Å²) in [5, 5.41) is 2.79. The van der Waals surface area contributed by atoms with Gasteiger partial charge in [0.25, 0.3) is 0 Å². The molecule has 166 valence electrons. The Labute approximate surface area is 194 Å². The van der Waals surface area contributed by atoms with Crippen LogP contribution in [0.5, 0.6) is 0 Å². The highest BCUT2D eigenvalue weighted by atomic mass is 16.5. The van der Waals surface area contributed by atoms with Gasteiger partial charge < -0.3 is 15.0 Å². The zero-order valence-electron chi connectivity index (χ0n) is 18.5. The van der Waals surface area contributed by atoms with E-state index in [4.69, 9.17) is 4.74 Å². The van der Waals surface area contributed by atoms with Crippen LogP contribution in [0, 0.1) is 11.8 Å². The summed E-state index contributed by atoms with van der Waals surface area (Å²) < 4.78 is 5.54. The highest BCUT2D eigenvalue weighted by Crippen LogP contribution is 2.44. The first kappa shape index (κ1) is 21.0. The third kappa shape index (κ3) is 4.68. The molecule has 1 fully saturated rings. The summed E-state index contributed by atoms with van der Waals surface area (Å²) in [6.45, 7) is 2.78. The van der Waals surface area contributed by atoms with Gasteiger partial charge >= 0.3 is 6.09 Å². The number of alkyl carbamates (subject to hydrolysis) is 1. The second-order valence-electron chi connectivity index (χ2n) is 8.27. The lowest BCUT2D eigenvalue weighted by Crippen LogP contribution is -2.26. The zero-order valence-corrected chi connectivity index (χ0v) is 18.5. The van der Waals surface area contributed by atoms with Crippen LogP contribution in [0.3, 0.4) is 0 Å². The van der Waals surface area contributed by atoms with Crippen molar-refractivity contribution in [3.8, 4) is 23.0 Å². The molecular formula is C27H26N4O2. The summed E-state index contributed by atoms with van der Waals surface area (Å²) in [6.07, 6.45) is 6.01. The lowest BCUT2D eigenvalue weighted by Gasteiger charge is -2.14. The summed E-state index contributed by atoms with van der Waals surface area (Å²) in [5.74, 6) is 6.94. The van der Waals surface area contributed by atoms with Crippen molar-refractivity contribution in [1.29, 1.82) is 0 Å². The van der Waals surface area contributed by atoms with Gasteiger partial charge in [0.1, 0.15) is 6.61 Å². The van der Waals surface area contributed by atoms with Crippen molar-refractivity contribution in [1.82, 2.24) is 15.3 Å². The predicted octanol–water partition coefficient (Wildman–Crippen LogP) is 4.36. The predicted molar refractivity (Wildman–Crippen MR) is 128 cm³/mol. The van der Waals surface area contributed by atoms with Gasteiger partial charge in [0, 0.05) is 44.4 Å². The van der Waals surface area contributed by atoms with E-state index in [1.54, 1.807) is 12.4 Å². The zero-order chi connectivity index (χ0) is 22.5. The number of anilines is 1. The molecule has 0 saturated carbocycles. The minimum atomic E-state index is -0.419. The second-order valence-corrected chi connectivity index (χ2v) is 8.27. The number of ether oxygens (including phenoxy) is 1. The number of aromatic nitrogens is 2. The minimum absolute atomic E-state index is 0.0615.